The van der Waals surface area contributed by atoms with E-state index in [1.165, 1.54) is 16.7 Å². The van der Waals surface area contributed by atoms with Crippen LogP contribution in [-0.2, 0) is 19.4 Å². The summed E-state index contributed by atoms with van der Waals surface area (Å²) in [7, 11) is 1.68. The summed E-state index contributed by atoms with van der Waals surface area (Å²) in [5.74, 6) is 2.31. The van der Waals surface area contributed by atoms with Crippen molar-refractivity contribution in [3.05, 3.63) is 71.4 Å². The Labute approximate surface area is 159 Å². The third-order valence-corrected chi connectivity index (χ3v) is 4.82. The number of benzene rings is 2. The van der Waals surface area contributed by atoms with E-state index in [-0.39, 0.29) is 0 Å². The molecule has 0 atom stereocenters. The maximum absolute atomic E-state index is 5.27. The molecule has 27 heavy (non-hydrogen) atoms. The first-order chi connectivity index (χ1) is 13.3. The van der Waals surface area contributed by atoms with Crippen molar-refractivity contribution in [1.29, 1.82) is 0 Å². The van der Waals surface area contributed by atoms with Crippen LogP contribution in [0.25, 0.3) is 0 Å². The van der Waals surface area contributed by atoms with Gasteiger partial charge in [0.25, 0.3) is 0 Å². The lowest BCUT2D eigenvalue weighted by molar-refractivity contribution is 0.414. The Morgan fingerprint density at radius 3 is 2.89 bits per heavy atom. The first-order valence-electron chi connectivity index (χ1n) is 9.20. The van der Waals surface area contributed by atoms with Gasteiger partial charge in [0.05, 0.1) is 13.3 Å². The van der Waals surface area contributed by atoms with Gasteiger partial charge in [-0.05, 0) is 41.7 Å². The number of fused-ring (bicyclic) bond motifs is 1. The molecule has 0 fully saturated rings. The van der Waals surface area contributed by atoms with Gasteiger partial charge in [-0.25, -0.2) is 0 Å². The lowest BCUT2D eigenvalue weighted by atomic mass is 10.0. The summed E-state index contributed by atoms with van der Waals surface area (Å²) in [6.45, 7) is 2.51. The van der Waals surface area contributed by atoms with Crippen LogP contribution in [0.5, 0.6) is 5.75 Å². The number of rotatable bonds is 6. The second-order valence-corrected chi connectivity index (χ2v) is 6.61. The Morgan fingerprint density at radius 2 is 2.00 bits per heavy atom. The van der Waals surface area contributed by atoms with Crippen LogP contribution in [0.4, 0.5) is 11.8 Å². The molecule has 0 saturated heterocycles. The van der Waals surface area contributed by atoms with Gasteiger partial charge in [0.15, 0.2) is 5.82 Å². The highest BCUT2D eigenvalue weighted by molar-refractivity contribution is 5.43. The normalized spacial score (nSPS) is 13.1. The zero-order valence-corrected chi connectivity index (χ0v) is 15.4. The van der Waals surface area contributed by atoms with Crippen LogP contribution in [0, 0.1) is 0 Å². The van der Waals surface area contributed by atoms with Gasteiger partial charge in [0, 0.05) is 19.6 Å². The number of nitrogens with one attached hydrogen (secondary N) is 1. The van der Waals surface area contributed by atoms with Crippen molar-refractivity contribution in [3.8, 4) is 5.75 Å². The molecule has 2 heterocycles. The molecule has 0 saturated carbocycles. The summed E-state index contributed by atoms with van der Waals surface area (Å²) in [5.41, 5.74) is 3.97. The van der Waals surface area contributed by atoms with Crippen molar-refractivity contribution in [2.75, 3.05) is 30.4 Å². The zero-order valence-electron chi connectivity index (χ0n) is 15.4. The van der Waals surface area contributed by atoms with E-state index in [0.717, 1.165) is 44.0 Å². The van der Waals surface area contributed by atoms with Gasteiger partial charge in [0.2, 0.25) is 5.95 Å². The SMILES string of the molecule is COc1cccc(CCNc2cnnc(N3CCc4ccccc4C3)n2)c1. The summed E-state index contributed by atoms with van der Waals surface area (Å²) in [6, 6.07) is 16.7. The Morgan fingerprint density at radius 1 is 1.11 bits per heavy atom. The summed E-state index contributed by atoms with van der Waals surface area (Å²) < 4.78 is 5.27. The Kier molecular flexibility index (Phi) is 5.14. The van der Waals surface area contributed by atoms with Crippen molar-refractivity contribution in [1.82, 2.24) is 15.2 Å². The van der Waals surface area contributed by atoms with Crippen molar-refractivity contribution in [2.45, 2.75) is 19.4 Å². The molecule has 3 aromatic rings. The van der Waals surface area contributed by atoms with E-state index in [4.69, 9.17) is 4.74 Å². The van der Waals surface area contributed by atoms with Crippen LogP contribution >= 0.6 is 0 Å². The van der Waals surface area contributed by atoms with Gasteiger partial charge < -0.3 is 15.0 Å². The molecule has 1 aliphatic heterocycles. The third kappa shape index (κ3) is 4.16. The van der Waals surface area contributed by atoms with E-state index in [2.05, 4.69) is 61.8 Å². The van der Waals surface area contributed by atoms with Crippen LogP contribution in [-0.4, -0.2) is 35.4 Å². The van der Waals surface area contributed by atoms with E-state index in [1.807, 2.05) is 12.1 Å². The van der Waals surface area contributed by atoms with E-state index < -0.39 is 0 Å². The van der Waals surface area contributed by atoms with Crippen molar-refractivity contribution >= 4 is 11.8 Å². The van der Waals surface area contributed by atoms with Gasteiger partial charge >= 0.3 is 0 Å². The molecule has 0 aliphatic carbocycles. The first-order valence-corrected chi connectivity index (χ1v) is 9.20. The molecular formula is C21H23N5O. The van der Waals surface area contributed by atoms with Crippen molar-refractivity contribution in [2.24, 2.45) is 0 Å². The molecular weight excluding hydrogens is 338 g/mol. The first kappa shape index (κ1) is 17.3. The molecule has 2 aromatic carbocycles. The van der Waals surface area contributed by atoms with Gasteiger partial charge in [-0.1, -0.05) is 36.4 Å². The monoisotopic (exact) mass is 361 g/mol. The fraction of sp³-hybridized carbons (Fsp3) is 0.286. The van der Waals surface area contributed by atoms with Crippen LogP contribution in [0.1, 0.15) is 16.7 Å². The largest absolute Gasteiger partial charge is 0.497 e. The molecule has 0 amide bonds. The van der Waals surface area contributed by atoms with Crippen molar-refractivity contribution in [3.63, 3.8) is 0 Å². The highest BCUT2D eigenvalue weighted by Crippen LogP contribution is 2.22. The molecule has 1 N–H and O–H groups in total. The van der Waals surface area contributed by atoms with E-state index in [0.29, 0.717) is 5.95 Å². The average molecular weight is 361 g/mol. The zero-order chi connectivity index (χ0) is 18.5. The molecule has 1 aromatic heterocycles. The standard InChI is InChI=1S/C21H23N5O/c1-27-19-8-4-5-16(13-19)9-11-22-20-14-23-25-21(24-20)26-12-10-17-6-2-3-7-18(17)15-26/h2-8,13-14H,9-12,15H2,1H3,(H,22,24,25). The molecule has 0 radical (unpaired) electrons. The predicted octanol–water partition coefficient (Wildman–Crippen LogP) is 3.10. The van der Waals surface area contributed by atoms with Gasteiger partial charge in [-0.15, -0.1) is 5.10 Å². The number of hydrogen-bond acceptors (Lipinski definition) is 6. The Hall–Kier alpha value is -3.15. The summed E-state index contributed by atoms with van der Waals surface area (Å²) in [5, 5.41) is 11.7. The topological polar surface area (TPSA) is 63.2 Å². The van der Waals surface area contributed by atoms with Crippen LogP contribution in [0.15, 0.2) is 54.7 Å². The second-order valence-electron chi connectivity index (χ2n) is 6.61. The minimum Gasteiger partial charge on any atom is -0.497 e. The molecule has 6 nitrogen and oxygen atoms in total. The van der Waals surface area contributed by atoms with Gasteiger partial charge in [-0.2, -0.15) is 10.1 Å². The van der Waals surface area contributed by atoms with E-state index >= 15 is 0 Å². The minimum absolute atomic E-state index is 0.677. The fourth-order valence-corrected chi connectivity index (χ4v) is 3.34. The minimum atomic E-state index is 0.677. The number of aromatic nitrogens is 3. The Balaban J connectivity index is 1.38. The number of methoxy groups -OCH3 is 1. The highest BCUT2D eigenvalue weighted by atomic mass is 16.5. The van der Waals surface area contributed by atoms with Crippen LogP contribution in [0.3, 0.4) is 0 Å². The maximum Gasteiger partial charge on any atom is 0.247 e. The molecule has 6 heteroatoms. The van der Waals surface area contributed by atoms with Gasteiger partial charge in [-0.3, -0.25) is 0 Å². The predicted molar refractivity (Wildman–Crippen MR) is 106 cm³/mol. The molecule has 1 aliphatic rings. The fourth-order valence-electron chi connectivity index (χ4n) is 3.34. The maximum atomic E-state index is 5.27. The quantitative estimate of drug-likeness (QED) is 0.728. The molecule has 138 valence electrons. The number of nitrogens with zero attached hydrogens (tertiary/aromatic N) is 4. The molecule has 0 spiro atoms. The van der Waals surface area contributed by atoms with Crippen molar-refractivity contribution < 1.29 is 4.74 Å². The number of anilines is 2. The highest BCUT2D eigenvalue weighted by Gasteiger charge is 2.18. The number of ether oxygens (including phenoxy) is 1. The molecule has 0 bridgehead atoms. The van der Waals surface area contributed by atoms with Crippen LogP contribution in [0.2, 0.25) is 0 Å². The average Bonchev–Trinajstić information content (AvgIpc) is 2.74. The summed E-state index contributed by atoms with van der Waals surface area (Å²) in [4.78, 5) is 6.83. The lowest BCUT2D eigenvalue weighted by Crippen LogP contribution is -2.32. The second kappa shape index (κ2) is 8.03. The lowest BCUT2D eigenvalue weighted by Gasteiger charge is -2.28. The number of hydrogen-bond donors (Lipinski definition) is 1. The summed E-state index contributed by atoms with van der Waals surface area (Å²) in [6.07, 6.45) is 3.56. The van der Waals surface area contributed by atoms with E-state index in [1.54, 1.807) is 13.3 Å². The third-order valence-electron chi connectivity index (χ3n) is 4.82. The molecule has 4 rings (SSSR count). The molecule has 0 unspecified atom stereocenters. The Bertz CT molecular complexity index is 914. The smallest absolute Gasteiger partial charge is 0.247 e. The summed E-state index contributed by atoms with van der Waals surface area (Å²) >= 11 is 0. The van der Waals surface area contributed by atoms with E-state index in [9.17, 15) is 0 Å². The van der Waals surface area contributed by atoms with Gasteiger partial charge in [0.1, 0.15) is 5.75 Å². The van der Waals surface area contributed by atoms with Crippen LogP contribution < -0.4 is 15.0 Å².